The van der Waals surface area contributed by atoms with Crippen LogP contribution in [0.5, 0.6) is 0 Å². The molecule has 1 unspecified atom stereocenters. The molecule has 7 heteroatoms. The van der Waals surface area contributed by atoms with Gasteiger partial charge in [-0.15, -0.1) is 12.4 Å². The molecular weight excluding hydrogens is 350 g/mol. The molecule has 1 atom stereocenters. The Bertz CT molecular complexity index is 842. The van der Waals surface area contributed by atoms with Crippen molar-refractivity contribution in [3.8, 4) is 11.3 Å². The molecule has 1 aromatic carbocycles. The molecule has 1 saturated heterocycles. The number of nitrogens with one attached hydrogen (secondary N) is 1. The van der Waals surface area contributed by atoms with Crippen LogP contribution in [0.2, 0.25) is 0 Å². The third kappa shape index (κ3) is 3.82. The lowest BCUT2D eigenvalue weighted by Gasteiger charge is -2.34. The number of benzene rings is 1. The summed E-state index contributed by atoms with van der Waals surface area (Å²) in [6, 6.07) is 10.6. The quantitative estimate of drug-likeness (QED) is 0.762. The van der Waals surface area contributed by atoms with E-state index in [1.807, 2.05) is 25.5 Å². The number of aryl methyl sites for hydroxylation is 2. The molecule has 0 spiro atoms. The van der Waals surface area contributed by atoms with Crippen molar-refractivity contribution in [1.82, 2.24) is 24.9 Å². The van der Waals surface area contributed by atoms with Gasteiger partial charge in [-0.2, -0.15) is 0 Å². The van der Waals surface area contributed by atoms with Gasteiger partial charge >= 0.3 is 0 Å². The summed E-state index contributed by atoms with van der Waals surface area (Å²) in [6.45, 7) is 5.64. The van der Waals surface area contributed by atoms with Crippen LogP contribution in [0.25, 0.3) is 11.3 Å². The average Bonchev–Trinajstić information content (AvgIpc) is 3.25. The number of hydrogen-bond acceptors (Lipinski definition) is 5. The Morgan fingerprint density at radius 2 is 2.08 bits per heavy atom. The van der Waals surface area contributed by atoms with Crippen molar-refractivity contribution in [2.24, 2.45) is 7.05 Å². The first-order chi connectivity index (χ1) is 12.2. The van der Waals surface area contributed by atoms with Crippen LogP contribution in [0.4, 0.5) is 0 Å². The molecule has 0 radical (unpaired) electrons. The fourth-order valence-electron chi connectivity index (χ4n) is 3.34. The predicted octanol–water partition coefficient (Wildman–Crippen LogP) is 2.95. The molecule has 0 saturated carbocycles. The highest BCUT2D eigenvalue weighted by molar-refractivity contribution is 5.85. The van der Waals surface area contributed by atoms with Crippen LogP contribution in [0.15, 0.2) is 47.2 Å². The molecule has 1 fully saturated rings. The minimum atomic E-state index is 0. The van der Waals surface area contributed by atoms with Gasteiger partial charge in [0, 0.05) is 50.7 Å². The summed E-state index contributed by atoms with van der Waals surface area (Å²) >= 11 is 0. The Labute approximate surface area is 159 Å². The van der Waals surface area contributed by atoms with Gasteiger partial charge in [-0.1, -0.05) is 35.0 Å². The maximum atomic E-state index is 5.61. The predicted molar refractivity (Wildman–Crippen MR) is 103 cm³/mol. The highest BCUT2D eigenvalue weighted by Gasteiger charge is 2.27. The molecule has 3 heterocycles. The van der Waals surface area contributed by atoms with Crippen LogP contribution in [0.3, 0.4) is 0 Å². The summed E-state index contributed by atoms with van der Waals surface area (Å²) in [6.07, 6.45) is 3.85. The fraction of sp³-hybridized carbons (Fsp3) is 0.368. The van der Waals surface area contributed by atoms with Crippen LogP contribution >= 0.6 is 12.4 Å². The van der Waals surface area contributed by atoms with Crippen LogP contribution < -0.4 is 5.32 Å². The molecule has 3 aromatic rings. The van der Waals surface area contributed by atoms with Gasteiger partial charge in [0.05, 0.1) is 12.6 Å². The number of rotatable bonds is 4. The number of halogens is 1. The zero-order valence-electron chi connectivity index (χ0n) is 15.1. The first kappa shape index (κ1) is 18.6. The van der Waals surface area contributed by atoms with Gasteiger partial charge in [-0.25, -0.2) is 4.98 Å². The van der Waals surface area contributed by atoms with E-state index in [2.05, 4.69) is 56.1 Å². The Morgan fingerprint density at radius 1 is 1.27 bits per heavy atom. The Kier molecular flexibility index (Phi) is 5.76. The lowest BCUT2D eigenvalue weighted by molar-refractivity contribution is 0.130. The summed E-state index contributed by atoms with van der Waals surface area (Å²) < 4.78 is 7.69. The fourth-order valence-corrected chi connectivity index (χ4v) is 3.34. The number of imidazole rings is 1. The molecular formula is C19H24ClN5O. The zero-order valence-corrected chi connectivity index (χ0v) is 15.9. The second-order valence-corrected chi connectivity index (χ2v) is 6.63. The molecule has 4 rings (SSSR count). The summed E-state index contributed by atoms with van der Waals surface area (Å²) in [5.74, 6) is 1.96. The minimum absolute atomic E-state index is 0. The van der Waals surface area contributed by atoms with Gasteiger partial charge < -0.3 is 14.4 Å². The molecule has 1 N–H and O–H groups in total. The SMILES string of the molecule is Cc1ccc(-c2cc(CN3CCNCC3c3nccn3C)on2)cc1.Cl. The average molecular weight is 374 g/mol. The summed E-state index contributed by atoms with van der Waals surface area (Å²) in [5, 5.41) is 7.71. The van der Waals surface area contributed by atoms with E-state index in [1.54, 1.807) is 0 Å². The second-order valence-electron chi connectivity index (χ2n) is 6.63. The first-order valence-corrected chi connectivity index (χ1v) is 8.65. The largest absolute Gasteiger partial charge is 0.359 e. The zero-order chi connectivity index (χ0) is 17.2. The maximum Gasteiger partial charge on any atom is 0.151 e. The van der Waals surface area contributed by atoms with Crippen molar-refractivity contribution in [2.45, 2.75) is 19.5 Å². The van der Waals surface area contributed by atoms with E-state index in [0.717, 1.165) is 49.0 Å². The highest BCUT2D eigenvalue weighted by atomic mass is 35.5. The van der Waals surface area contributed by atoms with E-state index < -0.39 is 0 Å². The van der Waals surface area contributed by atoms with Crippen LogP contribution in [-0.4, -0.2) is 39.2 Å². The lowest BCUT2D eigenvalue weighted by atomic mass is 10.1. The number of hydrogen-bond donors (Lipinski definition) is 1. The van der Waals surface area contributed by atoms with Crippen molar-refractivity contribution in [2.75, 3.05) is 19.6 Å². The summed E-state index contributed by atoms with van der Waals surface area (Å²) in [7, 11) is 2.04. The van der Waals surface area contributed by atoms with Gasteiger partial charge in [0.15, 0.2) is 5.76 Å². The van der Waals surface area contributed by atoms with Gasteiger partial charge in [0.2, 0.25) is 0 Å². The Balaban J connectivity index is 0.00000196. The molecule has 0 amide bonds. The summed E-state index contributed by atoms with van der Waals surface area (Å²) in [5.41, 5.74) is 3.21. The van der Waals surface area contributed by atoms with Gasteiger partial charge in [-0.3, -0.25) is 4.90 Å². The monoisotopic (exact) mass is 373 g/mol. The van der Waals surface area contributed by atoms with E-state index >= 15 is 0 Å². The number of nitrogens with zero attached hydrogens (tertiary/aromatic N) is 4. The van der Waals surface area contributed by atoms with E-state index in [4.69, 9.17) is 4.52 Å². The van der Waals surface area contributed by atoms with Crippen molar-refractivity contribution in [3.05, 3.63) is 59.9 Å². The van der Waals surface area contributed by atoms with E-state index in [-0.39, 0.29) is 18.4 Å². The van der Waals surface area contributed by atoms with Crippen LogP contribution in [0.1, 0.15) is 23.2 Å². The van der Waals surface area contributed by atoms with Crippen LogP contribution in [-0.2, 0) is 13.6 Å². The van der Waals surface area contributed by atoms with Crippen molar-refractivity contribution >= 4 is 12.4 Å². The first-order valence-electron chi connectivity index (χ1n) is 8.65. The number of piperazine rings is 1. The van der Waals surface area contributed by atoms with Gasteiger partial charge in [0.25, 0.3) is 0 Å². The Morgan fingerprint density at radius 3 is 2.81 bits per heavy atom. The smallest absolute Gasteiger partial charge is 0.151 e. The molecule has 0 bridgehead atoms. The van der Waals surface area contributed by atoms with Crippen LogP contribution in [0, 0.1) is 6.92 Å². The third-order valence-electron chi connectivity index (χ3n) is 4.78. The van der Waals surface area contributed by atoms with Gasteiger partial charge in [-0.05, 0) is 6.92 Å². The minimum Gasteiger partial charge on any atom is -0.359 e. The topological polar surface area (TPSA) is 59.1 Å². The van der Waals surface area contributed by atoms with Crippen molar-refractivity contribution < 1.29 is 4.52 Å². The van der Waals surface area contributed by atoms with E-state index in [0.29, 0.717) is 0 Å². The highest BCUT2D eigenvalue weighted by Crippen LogP contribution is 2.25. The number of aromatic nitrogens is 3. The normalized spacial score (nSPS) is 17.8. The summed E-state index contributed by atoms with van der Waals surface area (Å²) in [4.78, 5) is 6.93. The van der Waals surface area contributed by atoms with Crippen molar-refractivity contribution in [3.63, 3.8) is 0 Å². The third-order valence-corrected chi connectivity index (χ3v) is 4.78. The molecule has 26 heavy (non-hydrogen) atoms. The Hall–Kier alpha value is -2.15. The van der Waals surface area contributed by atoms with E-state index in [1.165, 1.54) is 5.56 Å². The molecule has 6 nitrogen and oxygen atoms in total. The molecule has 0 aliphatic carbocycles. The van der Waals surface area contributed by atoms with Gasteiger partial charge in [0.1, 0.15) is 11.5 Å². The standard InChI is InChI=1S/C19H23N5O.ClH/c1-14-3-5-15(6-4-14)17-11-16(25-22-17)13-24-10-7-20-12-18(24)19-21-8-9-23(19)2;/h3-6,8-9,11,18,20H,7,10,12-13H2,1-2H3;1H. The van der Waals surface area contributed by atoms with E-state index in [9.17, 15) is 0 Å². The molecule has 138 valence electrons. The molecule has 1 aliphatic heterocycles. The second kappa shape index (κ2) is 8.03. The lowest BCUT2D eigenvalue weighted by Crippen LogP contribution is -2.46. The molecule has 2 aromatic heterocycles. The molecule has 1 aliphatic rings. The maximum absolute atomic E-state index is 5.61. The van der Waals surface area contributed by atoms with Crippen molar-refractivity contribution in [1.29, 1.82) is 0 Å².